The topological polar surface area (TPSA) is 92.5 Å². The number of hydrogen-bond donors (Lipinski definition) is 2. The van der Waals surface area contributed by atoms with Crippen molar-refractivity contribution in [2.45, 2.75) is 25.3 Å². The highest BCUT2D eigenvalue weighted by atomic mass is 19.1. The fraction of sp³-hybridized carbons (Fsp3) is 0.357. The van der Waals surface area contributed by atoms with Gasteiger partial charge in [0.05, 0.1) is 0 Å². The molecule has 4 amide bonds. The molecule has 0 aromatic heterocycles. The van der Waals surface area contributed by atoms with Gasteiger partial charge in [0, 0.05) is 13.0 Å². The lowest BCUT2D eigenvalue weighted by Gasteiger charge is -2.25. The highest BCUT2D eigenvalue weighted by molar-refractivity contribution is 6.07. The van der Waals surface area contributed by atoms with Gasteiger partial charge in [0.15, 0.2) is 0 Å². The van der Waals surface area contributed by atoms with Crippen molar-refractivity contribution in [1.82, 2.24) is 10.2 Å². The van der Waals surface area contributed by atoms with Gasteiger partial charge in [0.1, 0.15) is 11.4 Å². The van der Waals surface area contributed by atoms with Gasteiger partial charge in [0.2, 0.25) is 5.91 Å². The number of carbonyl (C=O) groups excluding carboxylic acids is 3. The van der Waals surface area contributed by atoms with E-state index in [-0.39, 0.29) is 13.0 Å². The molecule has 1 aromatic rings. The predicted octanol–water partition coefficient (Wildman–Crippen LogP) is 0.858. The molecule has 1 aliphatic heterocycles. The van der Waals surface area contributed by atoms with Crippen LogP contribution in [0.5, 0.6) is 0 Å². The molecule has 1 heterocycles. The molecule has 0 bridgehead atoms. The Morgan fingerprint density at radius 1 is 1.33 bits per heavy atom. The second-order valence-electron chi connectivity index (χ2n) is 4.87. The van der Waals surface area contributed by atoms with Gasteiger partial charge < -0.3 is 11.1 Å². The summed E-state index contributed by atoms with van der Waals surface area (Å²) >= 11 is 0. The Morgan fingerprint density at radius 3 is 2.48 bits per heavy atom. The fourth-order valence-electron chi connectivity index (χ4n) is 2.42. The largest absolute Gasteiger partial charge is 0.370 e. The molecule has 21 heavy (non-hydrogen) atoms. The Kier molecular flexibility index (Phi) is 3.93. The maximum Gasteiger partial charge on any atom is 0.325 e. The first kappa shape index (κ1) is 15.0. The van der Waals surface area contributed by atoms with Gasteiger partial charge in [-0.1, -0.05) is 19.1 Å². The molecule has 7 heteroatoms. The second-order valence-corrected chi connectivity index (χ2v) is 4.87. The molecule has 112 valence electrons. The van der Waals surface area contributed by atoms with Crippen molar-refractivity contribution in [3.05, 3.63) is 35.6 Å². The van der Waals surface area contributed by atoms with E-state index in [1.807, 2.05) is 0 Å². The van der Waals surface area contributed by atoms with Crippen molar-refractivity contribution in [2.75, 3.05) is 6.54 Å². The van der Waals surface area contributed by atoms with E-state index in [1.54, 1.807) is 6.92 Å². The number of nitrogens with zero attached hydrogens (tertiary/aromatic N) is 1. The van der Waals surface area contributed by atoms with Crippen molar-refractivity contribution in [3.8, 4) is 0 Å². The number of imide groups is 1. The number of carbonyl (C=O) groups is 3. The summed E-state index contributed by atoms with van der Waals surface area (Å²) in [6.07, 6.45) is 0.221. The summed E-state index contributed by atoms with van der Waals surface area (Å²) in [6.45, 7) is 1.68. The van der Waals surface area contributed by atoms with E-state index < -0.39 is 29.2 Å². The maximum absolute atomic E-state index is 13.0. The van der Waals surface area contributed by atoms with Crippen LogP contribution in [-0.4, -0.2) is 29.3 Å². The SMILES string of the molecule is CCC1(c2ccc(F)cc2)NC(=O)N(CCC(N)=O)C1=O. The zero-order valence-corrected chi connectivity index (χ0v) is 11.6. The molecule has 1 unspecified atom stereocenters. The zero-order chi connectivity index (χ0) is 15.6. The Morgan fingerprint density at radius 2 is 1.95 bits per heavy atom. The number of primary amides is 1. The van der Waals surface area contributed by atoms with Crippen LogP contribution in [0, 0.1) is 5.82 Å². The number of nitrogens with one attached hydrogen (secondary N) is 1. The van der Waals surface area contributed by atoms with E-state index in [9.17, 15) is 18.8 Å². The van der Waals surface area contributed by atoms with E-state index in [4.69, 9.17) is 5.73 Å². The van der Waals surface area contributed by atoms with Crippen LogP contribution in [0.2, 0.25) is 0 Å². The molecule has 2 rings (SSSR count). The number of rotatable bonds is 5. The molecule has 1 fully saturated rings. The number of amides is 4. The van der Waals surface area contributed by atoms with E-state index in [0.717, 1.165) is 4.90 Å². The first-order valence-corrected chi connectivity index (χ1v) is 6.59. The lowest BCUT2D eigenvalue weighted by atomic mass is 9.87. The Bertz CT molecular complexity index is 588. The molecule has 1 aliphatic rings. The first-order valence-electron chi connectivity index (χ1n) is 6.59. The maximum atomic E-state index is 13.0. The number of benzene rings is 1. The van der Waals surface area contributed by atoms with Crippen LogP contribution in [0.25, 0.3) is 0 Å². The molecule has 1 saturated heterocycles. The van der Waals surface area contributed by atoms with Crippen molar-refractivity contribution < 1.29 is 18.8 Å². The normalized spacial score (nSPS) is 21.5. The summed E-state index contributed by atoms with van der Waals surface area (Å²) in [4.78, 5) is 36.3. The Labute approximate surface area is 121 Å². The van der Waals surface area contributed by atoms with Crippen molar-refractivity contribution >= 4 is 17.8 Å². The molecule has 0 aliphatic carbocycles. The van der Waals surface area contributed by atoms with E-state index in [2.05, 4.69) is 5.32 Å². The number of urea groups is 1. The van der Waals surface area contributed by atoms with Crippen LogP contribution in [0.3, 0.4) is 0 Å². The summed E-state index contributed by atoms with van der Waals surface area (Å²) in [6, 6.07) is 4.83. The van der Waals surface area contributed by atoms with Gasteiger partial charge in [-0.2, -0.15) is 0 Å². The van der Waals surface area contributed by atoms with Gasteiger partial charge >= 0.3 is 6.03 Å². The highest BCUT2D eigenvalue weighted by Crippen LogP contribution is 2.32. The van der Waals surface area contributed by atoms with E-state index in [0.29, 0.717) is 12.0 Å². The molecule has 0 spiro atoms. The summed E-state index contributed by atoms with van der Waals surface area (Å²) in [5.41, 5.74) is 4.33. The Hall–Kier alpha value is -2.44. The monoisotopic (exact) mass is 293 g/mol. The highest BCUT2D eigenvalue weighted by Gasteiger charge is 2.50. The Balaban J connectivity index is 2.32. The molecule has 1 atom stereocenters. The van der Waals surface area contributed by atoms with Gasteiger partial charge in [-0.3, -0.25) is 14.5 Å². The number of nitrogens with two attached hydrogens (primary N) is 1. The van der Waals surface area contributed by atoms with Crippen LogP contribution in [0.15, 0.2) is 24.3 Å². The van der Waals surface area contributed by atoms with Crippen molar-refractivity contribution in [1.29, 1.82) is 0 Å². The third-order valence-corrected chi connectivity index (χ3v) is 3.62. The molecule has 6 nitrogen and oxygen atoms in total. The third kappa shape index (κ3) is 2.58. The van der Waals surface area contributed by atoms with Crippen LogP contribution in [0.4, 0.5) is 9.18 Å². The van der Waals surface area contributed by atoms with Gasteiger partial charge in [-0.25, -0.2) is 9.18 Å². The number of hydrogen-bond acceptors (Lipinski definition) is 3. The van der Waals surface area contributed by atoms with Gasteiger partial charge in [-0.05, 0) is 24.1 Å². The van der Waals surface area contributed by atoms with E-state index in [1.165, 1.54) is 24.3 Å². The van der Waals surface area contributed by atoms with Crippen LogP contribution >= 0.6 is 0 Å². The molecule has 0 radical (unpaired) electrons. The van der Waals surface area contributed by atoms with Crippen LogP contribution < -0.4 is 11.1 Å². The average molecular weight is 293 g/mol. The lowest BCUT2D eigenvalue weighted by Crippen LogP contribution is -2.43. The van der Waals surface area contributed by atoms with Gasteiger partial charge in [0.25, 0.3) is 5.91 Å². The molecule has 3 N–H and O–H groups in total. The minimum absolute atomic E-state index is 0.0665. The molecule has 1 aromatic carbocycles. The summed E-state index contributed by atoms with van der Waals surface area (Å²) in [5.74, 6) is -1.47. The summed E-state index contributed by atoms with van der Waals surface area (Å²) in [7, 11) is 0. The summed E-state index contributed by atoms with van der Waals surface area (Å²) in [5, 5.41) is 2.64. The predicted molar refractivity (Wildman–Crippen MR) is 72.4 cm³/mol. The smallest absolute Gasteiger partial charge is 0.325 e. The average Bonchev–Trinajstić information content (AvgIpc) is 2.69. The fourth-order valence-corrected chi connectivity index (χ4v) is 2.42. The zero-order valence-electron chi connectivity index (χ0n) is 11.6. The molecular weight excluding hydrogens is 277 g/mol. The van der Waals surface area contributed by atoms with Crippen LogP contribution in [-0.2, 0) is 15.1 Å². The second kappa shape index (κ2) is 5.51. The van der Waals surface area contributed by atoms with Crippen molar-refractivity contribution in [3.63, 3.8) is 0 Å². The minimum Gasteiger partial charge on any atom is -0.370 e. The minimum atomic E-state index is -1.22. The number of halogens is 1. The lowest BCUT2D eigenvalue weighted by molar-refractivity contribution is -0.132. The molecule has 0 saturated carbocycles. The van der Waals surface area contributed by atoms with E-state index >= 15 is 0 Å². The summed E-state index contributed by atoms with van der Waals surface area (Å²) < 4.78 is 13.0. The standard InChI is InChI=1S/C14H16FN3O3/c1-2-14(9-3-5-10(15)6-4-9)12(20)18(13(21)17-14)8-7-11(16)19/h3-6H,2,7-8H2,1H3,(H2,16,19)(H,17,21). The quantitative estimate of drug-likeness (QED) is 0.788. The van der Waals surface area contributed by atoms with Crippen LogP contribution in [0.1, 0.15) is 25.3 Å². The molecular formula is C14H16FN3O3. The first-order chi connectivity index (χ1) is 9.90. The third-order valence-electron chi connectivity index (χ3n) is 3.62. The van der Waals surface area contributed by atoms with Gasteiger partial charge in [-0.15, -0.1) is 0 Å². The van der Waals surface area contributed by atoms with Crippen molar-refractivity contribution in [2.24, 2.45) is 5.73 Å².